The van der Waals surface area contributed by atoms with Crippen molar-refractivity contribution in [1.82, 2.24) is 10.1 Å². The topological polar surface area (TPSA) is 49.6 Å². The second kappa shape index (κ2) is 9.82. The summed E-state index contributed by atoms with van der Waals surface area (Å²) in [5.41, 5.74) is 3.89. The van der Waals surface area contributed by atoms with Crippen LogP contribution in [0.4, 0.5) is 5.88 Å². The van der Waals surface area contributed by atoms with Crippen molar-refractivity contribution in [3.63, 3.8) is 0 Å². The Labute approximate surface area is 184 Å². The highest BCUT2D eigenvalue weighted by Gasteiger charge is 2.30. The zero-order valence-corrected chi connectivity index (χ0v) is 18.5. The number of hydrogen-bond acceptors (Lipinski definition) is 4. The lowest BCUT2D eigenvalue weighted by Crippen LogP contribution is -2.34. The molecule has 0 aliphatic heterocycles. The van der Waals surface area contributed by atoms with Gasteiger partial charge in [0.2, 0.25) is 11.8 Å². The Morgan fingerprint density at radius 2 is 1.65 bits per heavy atom. The molecule has 1 saturated carbocycles. The summed E-state index contributed by atoms with van der Waals surface area (Å²) in [5, 5.41) is 4.44. The van der Waals surface area contributed by atoms with E-state index in [0.717, 1.165) is 47.9 Å². The van der Waals surface area contributed by atoms with E-state index in [-0.39, 0.29) is 5.91 Å². The van der Waals surface area contributed by atoms with Crippen LogP contribution in [-0.4, -0.2) is 35.6 Å². The quantitative estimate of drug-likeness (QED) is 0.457. The van der Waals surface area contributed by atoms with Crippen molar-refractivity contribution in [3.05, 3.63) is 71.8 Å². The molecule has 1 aromatic heterocycles. The third-order valence-corrected chi connectivity index (χ3v) is 5.94. The number of hydrogen-bond donors (Lipinski definition) is 0. The van der Waals surface area contributed by atoms with Crippen LogP contribution >= 0.6 is 0 Å². The fourth-order valence-corrected chi connectivity index (χ4v) is 3.97. The normalized spacial score (nSPS) is 13.2. The van der Waals surface area contributed by atoms with Crippen molar-refractivity contribution in [2.24, 2.45) is 5.92 Å². The van der Waals surface area contributed by atoms with Gasteiger partial charge in [-0.05, 0) is 38.2 Å². The molecule has 1 aliphatic carbocycles. The summed E-state index contributed by atoms with van der Waals surface area (Å²) in [4.78, 5) is 17.5. The Morgan fingerprint density at radius 1 is 1.00 bits per heavy atom. The van der Waals surface area contributed by atoms with Crippen LogP contribution in [0.1, 0.15) is 37.8 Å². The first-order chi connectivity index (χ1) is 15.2. The largest absolute Gasteiger partial charge is 0.341 e. The first-order valence-electron chi connectivity index (χ1n) is 11.3. The molecule has 3 aromatic rings. The Morgan fingerprint density at radius 3 is 2.26 bits per heavy atom. The molecule has 1 amide bonds. The Kier molecular flexibility index (Phi) is 6.70. The van der Waals surface area contributed by atoms with E-state index in [1.807, 2.05) is 65.6 Å². The molecule has 0 spiro atoms. The van der Waals surface area contributed by atoms with E-state index in [9.17, 15) is 4.79 Å². The molecule has 0 bridgehead atoms. The highest BCUT2D eigenvalue weighted by atomic mass is 16.5. The zero-order valence-electron chi connectivity index (χ0n) is 18.5. The third kappa shape index (κ3) is 5.16. The van der Waals surface area contributed by atoms with E-state index in [1.54, 1.807) is 0 Å². The minimum atomic E-state index is 0.156. The highest BCUT2D eigenvalue weighted by Crippen LogP contribution is 2.35. The Hall–Kier alpha value is -3.08. The van der Waals surface area contributed by atoms with Crippen LogP contribution in [0.15, 0.2) is 65.2 Å². The predicted octanol–water partition coefficient (Wildman–Crippen LogP) is 5.17. The van der Waals surface area contributed by atoms with E-state index in [4.69, 9.17) is 4.52 Å². The van der Waals surface area contributed by atoms with Crippen molar-refractivity contribution < 1.29 is 9.32 Å². The van der Waals surface area contributed by atoms with Crippen LogP contribution in [0.5, 0.6) is 0 Å². The van der Waals surface area contributed by atoms with Crippen molar-refractivity contribution >= 4 is 11.8 Å². The number of rotatable bonds is 10. The molecule has 31 heavy (non-hydrogen) atoms. The van der Waals surface area contributed by atoms with Gasteiger partial charge in [0, 0.05) is 25.2 Å². The van der Waals surface area contributed by atoms with Gasteiger partial charge in [0.15, 0.2) is 0 Å². The summed E-state index contributed by atoms with van der Waals surface area (Å²) in [6, 6.07) is 20.1. The number of amides is 1. The third-order valence-electron chi connectivity index (χ3n) is 5.94. The Balaban J connectivity index is 1.66. The van der Waals surface area contributed by atoms with E-state index in [2.05, 4.69) is 23.9 Å². The van der Waals surface area contributed by atoms with Crippen molar-refractivity contribution in [3.8, 4) is 11.3 Å². The van der Waals surface area contributed by atoms with E-state index >= 15 is 0 Å². The van der Waals surface area contributed by atoms with Gasteiger partial charge in [0.25, 0.3) is 0 Å². The van der Waals surface area contributed by atoms with Gasteiger partial charge in [-0.1, -0.05) is 65.8 Å². The number of carbonyl (C=O) groups excluding carboxylic acids is 1. The van der Waals surface area contributed by atoms with Crippen LogP contribution in [0.25, 0.3) is 11.3 Å². The van der Waals surface area contributed by atoms with Crippen LogP contribution in [0, 0.1) is 5.92 Å². The summed E-state index contributed by atoms with van der Waals surface area (Å²) >= 11 is 0. The molecule has 0 atom stereocenters. The maximum Gasteiger partial charge on any atom is 0.232 e. The Bertz CT molecular complexity index is 976. The van der Waals surface area contributed by atoms with Crippen LogP contribution in [-0.2, 0) is 17.8 Å². The monoisotopic (exact) mass is 417 g/mol. The number of anilines is 1. The molecular formula is C26H31N3O2. The van der Waals surface area contributed by atoms with E-state index in [1.165, 1.54) is 12.8 Å². The molecular weight excluding hydrogens is 386 g/mol. The number of aromatic nitrogens is 1. The van der Waals surface area contributed by atoms with Crippen molar-refractivity contribution in [2.45, 2.75) is 39.7 Å². The molecule has 1 fully saturated rings. The maximum absolute atomic E-state index is 13.3. The van der Waals surface area contributed by atoms with Gasteiger partial charge >= 0.3 is 0 Å². The van der Waals surface area contributed by atoms with Crippen LogP contribution in [0.2, 0.25) is 0 Å². The summed E-state index contributed by atoms with van der Waals surface area (Å²) in [6.07, 6.45) is 2.82. The molecule has 0 radical (unpaired) electrons. The molecule has 1 heterocycles. The first-order valence-corrected chi connectivity index (χ1v) is 11.3. The molecule has 2 aromatic carbocycles. The first kappa shape index (κ1) is 21.2. The van der Waals surface area contributed by atoms with Crippen molar-refractivity contribution in [2.75, 3.05) is 24.5 Å². The van der Waals surface area contributed by atoms with E-state index < -0.39 is 0 Å². The second-order valence-electron chi connectivity index (χ2n) is 8.23. The molecule has 5 nitrogen and oxygen atoms in total. The minimum Gasteiger partial charge on any atom is -0.341 e. The summed E-state index contributed by atoms with van der Waals surface area (Å²) < 4.78 is 5.85. The predicted molar refractivity (Wildman–Crippen MR) is 124 cm³/mol. The fourth-order valence-electron chi connectivity index (χ4n) is 3.97. The maximum atomic E-state index is 13.3. The lowest BCUT2D eigenvalue weighted by molar-refractivity contribution is -0.131. The molecule has 0 unspecified atom stereocenters. The van der Waals surface area contributed by atoms with Crippen molar-refractivity contribution in [1.29, 1.82) is 0 Å². The molecule has 5 heteroatoms. The zero-order chi connectivity index (χ0) is 21.6. The van der Waals surface area contributed by atoms with Crippen LogP contribution in [0.3, 0.4) is 0 Å². The fraction of sp³-hybridized carbons (Fsp3) is 0.385. The second-order valence-corrected chi connectivity index (χ2v) is 8.23. The van der Waals surface area contributed by atoms with Crippen LogP contribution < -0.4 is 4.90 Å². The minimum absolute atomic E-state index is 0.156. The highest BCUT2D eigenvalue weighted by molar-refractivity contribution is 5.79. The molecule has 4 rings (SSSR count). The smallest absolute Gasteiger partial charge is 0.232 e. The molecule has 0 N–H and O–H groups in total. The van der Waals surface area contributed by atoms with Gasteiger partial charge in [-0.15, -0.1) is 0 Å². The standard InChI is InChI=1S/C26H31N3O2/c1-3-28(4-2)26-23(25(27-31-26)22-13-9-6-10-14-22)19-29(18-21-15-16-21)24(30)17-20-11-7-5-8-12-20/h5-14,21H,3-4,15-19H2,1-2H3. The average molecular weight is 418 g/mol. The summed E-state index contributed by atoms with van der Waals surface area (Å²) in [5.74, 6) is 1.54. The molecule has 0 saturated heterocycles. The van der Waals surface area contributed by atoms with E-state index in [0.29, 0.717) is 18.9 Å². The SMILES string of the molecule is CCN(CC)c1onc(-c2ccccc2)c1CN(CC1CC1)C(=O)Cc1ccccc1. The molecule has 162 valence electrons. The van der Waals surface area contributed by atoms with Gasteiger partial charge < -0.3 is 14.3 Å². The number of benzene rings is 2. The molecule has 1 aliphatic rings. The van der Waals surface area contributed by atoms with Gasteiger partial charge in [0.05, 0.1) is 18.5 Å². The van der Waals surface area contributed by atoms with Gasteiger partial charge in [-0.25, -0.2) is 0 Å². The average Bonchev–Trinajstić information content (AvgIpc) is 3.54. The number of carbonyl (C=O) groups is 1. The van der Waals surface area contributed by atoms with Gasteiger partial charge in [-0.3, -0.25) is 4.79 Å². The number of nitrogens with zero attached hydrogens (tertiary/aromatic N) is 3. The van der Waals surface area contributed by atoms with Gasteiger partial charge in [-0.2, -0.15) is 0 Å². The lowest BCUT2D eigenvalue weighted by Gasteiger charge is -2.25. The lowest BCUT2D eigenvalue weighted by atomic mass is 10.1. The summed E-state index contributed by atoms with van der Waals surface area (Å²) in [6.45, 7) is 7.19. The summed E-state index contributed by atoms with van der Waals surface area (Å²) in [7, 11) is 0. The van der Waals surface area contributed by atoms with Gasteiger partial charge in [0.1, 0.15) is 5.69 Å².